The van der Waals surface area contributed by atoms with Crippen molar-refractivity contribution >= 4 is 17.6 Å². The fraction of sp³-hybridized carbons (Fsp3) is 0.263. The Morgan fingerprint density at radius 3 is 2.58 bits per heavy atom. The normalized spacial score (nSPS) is 21.3. The molecule has 0 amide bonds. The van der Waals surface area contributed by atoms with Gasteiger partial charge in [0, 0.05) is 36.4 Å². The van der Waals surface area contributed by atoms with Crippen LogP contribution in [-0.2, 0) is 9.59 Å². The van der Waals surface area contributed by atoms with Gasteiger partial charge in [0.25, 0.3) is 0 Å². The van der Waals surface area contributed by atoms with Crippen LogP contribution >= 0.6 is 0 Å². The molecule has 26 heavy (non-hydrogen) atoms. The molecule has 0 aromatic heterocycles. The molecule has 2 aromatic rings. The van der Waals surface area contributed by atoms with E-state index in [1.54, 1.807) is 47.4 Å². The zero-order chi connectivity index (χ0) is 18.3. The van der Waals surface area contributed by atoms with E-state index in [0.717, 1.165) is 0 Å². The molecule has 4 rings (SSSR count). The van der Waals surface area contributed by atoms with Crippen molar-refractivity contribution in [3.8, 4) is 11.5 Å². The first-order valence-corrected chi connectivity index (χ1v) is 8.40. The average molecular weight is 354 g/mol. The molecule has 1 fully saturated rings. The molecular weight excluding hydrogens is 336 g/mol. The molecule has 0 aliphatic carbocycles. The number of nitrogens with zero attached hydrogens (tertiary/aromatic N) is 1. The number of fused-ring (bicyclic) bond motifs is 2. The Kier molecular flexibility index (Phi) is 4.00. The highest BCUT2D eigenvalue weighted by atomic mass is 16.5. The second-order valence-electron chi connectivity index (χ2n) is 6.38. The maximum Gasteiger partial charge on any atom is 0.327 e. The maximum absolute atomic E-state index is 12.0. The van der Waals surface area contributed by atoms with E-state index in [9.17, 15) is 19.8 Å². The van der Waals surface area contributed by atoms with Crippen LogP contribution in [0, 0.1) is 0 Å². The minimum absolute atomic E-state index is 0.341. The van der Waals surface area contributed by atoms with Crippen molar-refractivity contribution in [2.45, 2.75) is 12.0 Å². The van der Waals surface area contributed by atoms with Crippen LogP contribution in [0.15, 0.2) is 42.5 Å². The highest BCUT2D eigenvalue weighted by molar-refractivity contribution is 5.85. The number of anilines is 1. The van der Waals surface area contributed by atoms with E-state index in [0.29, 0.717) is 47.9 Å². The molecule has 0 bridgehead atoms. The molecule has 2 heterocycles. The number of para-hydroxylation sites is 1. The van der Waals surface area contributed by atoms with E-state index in [2.05, 4.69) is 5.32 Å². The van der Waals surface area contributed by atoms with Gasteiger partial charge in [0.15, 0.2) is 0 Å². The quantitative estimate of drug-likeness (QED) is 0.774. The molecule has 7 nitrogen and oxygen atoms in total. The number of carbonyl (C=O) groups is 2. The number of carboxylic acids is 2. The number of rotatable bonds is 3. The summed E-state index contributed by atoms with van der Waals surface area (Å²) in [7, 11) is 0. The SMILES string of the molecule is O=C(O)C1c2ccccc2Oc2ccc(N3CCNCC3C(=O)O)cc21. The lowest BCUT2D eigenvalue weighted by atomic mass is 9.87. The van der Waals surface area contributed by atoms with Crippen molar-refractivity contribution < 1.29 is 24.5 Å². The molecule has 2 unspecified atom stereocenters. The highest BCUT2D eigenvalue weighted by Gasteiger charge is 2.34. The van der Waals surface area contributed by atoms with Crippen LogP contribution in [0.3, 0.4) is 0 Å². The smallest absolute Gasteiger partial charge is 0.327 e. The number of nitrogens with one attached hydrogen (secondary N) is 1. The van der Waals surface area contributed by atoms with Crippen LogP contribution in [0.4, 0.5) is 5.69 Å². The van der Waals surface area contributed by atoms with Crippen molar-refractivity contribution in [1.82, 2.24) is 5.32 Å². The summed E-state index contributed by atoms with van der Waals surface area (Å²) in [4.78, 5) is 25.3. The van der Waals surface area contributed by atoms with Gasteiger partial charge in [0.2, 0.25) is 0 Å². The minimum Gasteiger partial charge on any atom is -0.481 e. The van der Waals surface area contributed by atoms with Crippen LogP contribution in [0.25, 0.3) is 0 Å². The van der Waals surface area contributed by atoms with E-state index < -0.39 is 23.9 Å². The molecule has 2 aliphatic rings. The molecule has 3 N–H and O–H groups in total. The average Bonchev–Trinajstić information content (AvgIpc) is 2.65. The third-order valence-corrected chi connectivity index (χ3v) is 4.86. The molecule has 2 aromatic carbocycles. The van der Waals surface area contributed by atoms with Crippen LogP contribution in [0.1, 0.15) is 17.0 Å². The van der Waals surface area contributed by atoms with E-state index >= 15 is 0 Å². The zero-order valence-corrected chi connectivity index (χ0v) is 13.9. The third kappa shape index (κ3) is 2.66. The van der Waals surface area contributed by atoms with Gasteiger partial charge in [-0.2, -0.15) is 0 Å². The van der Waals surface area contributed by atoms with Crippen LogP contribution in [-0.4, -0.2) is 47.8 Å². The van der Waals surface area contributed by atoms with E-state index in [-0.39, 0.29) is 0 Å². The predicted octanol–water partition coefficient (Wildman–Crippen LogP) is 1.87. The highest BCUT2D eigenvalue weighted by Crippen LogP contribution is 2.45. The summed E-state index contributed by atoms with van der Waals surface area (Å²) in [6.45, 7) is 1.54. The Morgan fingerprint density at radius 1 is 1.04 bits per heavy atom. The first-order valence-electron chi connectivity index (χ1n) is 8.40. The monoisotopic (exact) mass is 354 g/mol. The first-order chi connectivity index (χ1) is 12.6. The Balaban J connectivity index is 1.78. The Hall–Kier alpha value is -3.06. The van der Waals surface area contributed by atoms with Crippen LogP contribution in [0.2, 0.25) is 0 Å². The molecule has 134 valence electrons. The van der Waals surface area contributed by atoms with Crippen LogP contribution in [0.5, 0.6) is 11.5 Å². The van der Waals surface area contributed by atoms with E-state index in [1.807, 2.05) is 0 Å². The summed E-state index contributed by atoms with van der Waals surface area (Å²) < 4.78 is 5.86. The topological polar surface area (TPSA) is 99.1 Å². The van der Waals surface area contributed by atoms with Gasteiger partial charge >= 0.3 is 11.9 Å². The van der Waals surface area contributed by atoms with Crippen molar-refractivity contribution in [2.75, 3.05) is 24.5 Å². The zero-order valence-electron chi connectivity index (χ0n) is 13.9. The van der Waals surface area contributed by atoms with Gasteiger partial charge in [0.1, 0.15) is 23.5 Å². The van der Waals surface area contributed by atoms with Crippen molar-refractivity contribution in [3.63, 3.8) is 0 Å². The third-order valence-electron chi connectivity index (χ3n) is 4.86. The number of hydrogen-bond acceptors (Lipinski definition) is 5. The van der Waals surface area contributed by atoms with Crippen molar-refractivity contribution in [1.29, 1.82) is 0 Å². The fourth-order valence-electron chi connectivity index (χ4n) is 3.63. The molecule has 7 heteroatoms. The number of ether oxygens (including phenoxy) is 1. The number of piperazine rings is 1. The first kappa shape index (κ1) is 16.4. The second-order valence-corrected chi connectivity index (χ2v) is 6.38. The van der Waals surface area contributed by atoms with Gasteiger partial charge in [-0.05, 0) is 24.3 Å². The Bertz CT molecular complexity index is 882. The predicted molar refractivity (Wildman–Crippen MR) is 94.1 cm³/mol. The van der Waals surface area contributed by atoms with Crippen molar-refractivity contribution in [2.24, 2.45) is 0 Å². The summed E-state index contributed by atoms with van der Waals surface area (Å²) in [5, 5.41) is 22.4. The van der Waals surface area contributed by atoms with Gasteiger partial charge in [-0.25, -0.2) is 4.79 Å². The van der Waals surface area contributed by atoms with Crippen molar-refractivity contribution in [3.05, 3.63) is 53.6 Å². The lowest BCUT2D eigenvalue weighted by Crippen LogP contribution is -2.55. The van der Waals surface area contributed by atoms with Gasteiger partial charge in [-0.15, -0.1) is 0 Å². The van der Waals surface area contributed by atoms with E-state index in [4.69, 9.17) is 4.74 Å². The Labute approximate surface area is 149 Å². The molecule has 2 aliphatic heterocycles. The van der Waals surface area contributed by atoms with E-state index in [1.165, 1.54) is 0 Å². The number of aliphatic carboxylic acids is 2. The number of carboxylic acid groups (broad SMARTS) is 2. The number of hydrogen-bond donors (Lipinski definition) is 3. The summed E-state index contributed by atoms with van der Waals surface area (Å²) in [6, 6.07) is 11.6. The molecule has 0 spiro atoms. The largest absolute Gasteiger partial charge is 0.481 e. The van der Waals surface area contributed by atoms with Gasteiger partial charge in [-0.1, -0.05) is 18.2 Å². The second kappa shape index (κ2) is 6.34. The van der Waals surface area contributed by atoms with Gasteiger partial charge in [-0.3, -0.25) is 4.79 Å². The standard InChI is InChI=1S/C19H18N2O5/c22-18(23)14-10-20-7-8-21(14)11-5-6-16-13(9-11)17(19(24)25)12-3-1-2-4-15(12)26-16/h1-6,9,14,17,20H,7-8,10H2,(H,22,23)(H,24,25). The molecule has 0 saturated carbocycles. The summed E-state index contributed by atoms with van der Waals surface area (Å²) in [5.74, 6) is -1.70. The fourth-order valence-corrected chi connectivity index (χ4v) is 3.63. The van der Waals surface area contributed by atoms with Gasteiger partial charge < -0.3 is 25.2 Å². The summed E-state index contributed by atoms with van der Waals surface area (Å²) in [6.07, 6.45) is 0. The Morgan fingerprint density at radius 2 is 1.81 bits per heavy atom. The summed E-state index contributed by atoms with van der Waals surface area (Å²) >= 11 is 0. The molecule has 1 saturated heterocycles. The molecule has 2 atom stereocenters. The number of benzene rings is 2. The lowest BCUT2D eigenvalue weighted by Gasteiger charge is -2.36. The minimum atomic E-state index is -0.964. The van der Waals surface area contributed by atoms with Gasteiger partial charge in [0.05, 0.1) is 0 Å². The molecular formula is C19H18N2O5. The maximum atomic E-state index is 12.0. The van der Waals surface area contributed by atoms with Crippen LogP contribution < -0.4 is 15.0 Å². The lowest BCUT2D eigenvalue weighted by molar-refractivity contribution is -0.139. The summed E-state index contributed by atoms with van der Waals surface area (Å²) in [5.41, 5.74) is 1.82. The molecule has 0 radical (unpaired) electrons.